The van der Waals surface area contributed by atoms with Crippen LogP contribution in [-0.2, 0) is 5.21 Å². The van der Waals surface area contributed by atoms with Gasteiger partial charge in [-0.3, -0.25) is 0 Å². The third kappa shape index (κ3) is 2.17. The van der Waals surface area contributed by atoms with Crippen LogP contribution >= 0.6 is 0 Å². The van der Waals surface area contributed by atoms with Gasteiger partial charge in [0.05, 0.1) is 0 Å². The van der Waals surface area contributed by atoms with E-state index in [1.54, 1.807) is 0 Å². The summed E-state index contributed by atoms with van der Waals surface area (Å²) in [5, 5.41) is 19.2. The largest absolute Gasteiger partial charge is 0.320 e. The van der Waals surface area contributed by atoms with Gasteiger partial charge in [-0.2, -0.15) is 0 Å². The van der Waals surface area contributed by atoms with Gasteiger partial charge < -0.3 is 5.21 Å². The quantitative estimate of drug-likeness (QED) is 0.545. The van der Waals surface area contributed by atoms with Crippen molar-refractivity contribution in [2.45, 2.75) is 51.6 Å². The number of rotatable bonds is 0. The van der Waals surface area contributed by atoms with Crippen molar-refractivity contribution in [3.8, 4) is 0 Å². The second kappa shape index (κ2) is 3.70. The van der Waals surface area contributed by atoms with Gasteiger partial charge in [0.1, 0.15) is 0 Å². The molecule has 0 amide bonds. The van der Waals surface area contributed by atoms with Crippen molar-refractivity contribution in [2.75, 3.05) is 0 Å². The topological polar surface area (TPSA) is 69.4 Å². The minimum Gasteiger partial charge on any atom is -0.320 e. The summed E-state index contributed by atoms with van der Waals surface area (Å²) in [4.78, 5) is 0. The standard InChI is InChI=1S/C8H16NO.H3NO/c1-7(2)5-6-8(3,4)9(7)10;1-2/h5-6H2,1-4H3;2H,1H2. The average molecular weight is 175 g/mol. The maximum Gasteiger partial charge on any atom is 0.0444 e. The molecule has 0 aromatic rings. The molecule has 1 rings (SSSR count). The Kier molecular flexibility index (Phi) is 3.65. The molecule has 0 unspecified atom stereocenters. The van der Waals surface area contributed by atoms with Gasteiger partial charge in [-0.25, -0.2) is 5.90 Å². The molecule has 4 nitrogen and oxygen atoms in total. The number of hydrogen-bond acceptors (Lipinski definition) is 3. The van der Waals surface area contributed by atoms with Crippen LogP contribution in [0.25, 0.3) is 0 Å². The number of hydroxylamine groups is 2. The fourth-order valence-electron chi connectivity index (χ4n) is 1.63. The van der Waals surface area contributed by atoms with Gasteiger partial charge in [-0.1, -0.05) is 0 Å². The third-order valence-corrected chi connectivity index (χ3v) is 2.45. The van der Waals surface area contributed by atoms with Crippen LogP contribution < -0.4 is 5.90 Å². The molecule has 0 spiro atoms. The molecule has 73 valence electrons. The van der Waals surface area contributed by atoms with Crippen LogP contribution in [0.1, 0.15) is 40.5 Å². The fourth-order valence-corrected chi connectivity index (χ4v) is 1.63. The minimum absolute atomic E-state index is 0.135. The van der Waals surface area contributed by atoms with Gasteiger partial charge in [0.15, 0.2) is 0 Å². The highest BCUT2D eigenvalue weighted by molar-refractivity contribution is 4.95. The van der Waals surface area contributed by atoms with Gasteiger partial charge >= 0.3 is 0 Å². The first kappa shape index (κ1) is 11.8. The molecular weight excluding hydrogens is 156 g/mol. The van der Waals surface area contributed by atoms with Crippen molar-refractivity contribution in [1.82, 2.24) is 5.06 Å². The molecular formula is C8H19N2O2. The van der Waals surface area contributed by atoms with Crippen molar-refractivity contribution >= 4 is 0 Å². The predicted molar refractivity (Wildman–Crippen MR) is 45.9 cm³/mol. The zero-order chi connectivity index (χ0) is 9.99. The van der Waals surface area contributed by atoms with E-state index in [-0.39, 0.29) is 11.1 Å². The first-order valence-electron chi connectivity index (χ1n) is 4.10. The Bertz CT molecular complexity index is 130. The van der Waals surface area contributed by atoms with Crippen LogP contribution in [0.3, 0.4) is 0 Å². The van der Waals surface area contributed by atoms with Crippen molar-refractivity contribution < 1.29 is 10.4 Å². The summed E-state index contributed by atoms with van der Waals surface area (Å²) in [6, 6.07) is 0. The maximum absolute atomic E-state index is 11.5. The van der Waals surface area contributed by atoms with Gasteiger partial charge in [0.2, 0.25) is 0 Å². The van der Waals surface area contributed by atoms with Gasteiger partial charge in [0.25, 0.3) is 0 Å². The van der Waals surface area contributed by atoms with E-state index in [0.29, 0.717) is 0 Å². The van der Waals surface area contributed by atoms with E-state index in [1.807, 2.05) is 27.7 Å². The molecule has 0 aliphatic carbocycles. The lowest BCUT2D eigenvalue weighted by molar-refractivity contribution is -0.244. The van der Waals surface area contributed by atoms with Gasteiger partial charge in [-0.05, 0) is 40.5 Å². The Morgan fingerprint density at radius 3 is 1.42 bits per heavy atom. The summed E-state index contributed by atoms with van der Waals surface area (Å²) in [5.74, 6) is 3.50. The zero-order valence-electron chi connectivity index (χ0n) is 8.29. The summed E-state index contributed by atoms with van der Waals surface area (Å²) in [5.41, 5.74) is -0.271. The van der Waals surface area contributed by atoms with E-state index in [1.165, 1.54) is 5.06 Å². The summed E-state index contributed by atoms with van der Waals surface area (Å²) in [6.45, 7) is 8.03. The van der Waals surface area contributed by atoms with E-state index in [0.717, 1.165) is 12.8 Å². The second-order valence-corrected chi connectivity index (χ2v) is 4.42. The third-order valence-electron chi connectivity index (χ3n) is 2.45. The van der Waals surface area contributed by atoms with Crippen molar-refractivity contribution in [2.24, 2.45) is 5.90 Å². The fraction of sp³-hybridized carbons (Fsp3) is 1.00. The molecule has 12 heavy (non-hydrogen) atoms. The highest BCUT2D eigenvalue weighted by Crippen LogP contribution is 2.38. The average Bonchev–Trinajstić information content (AvgIpc) is 2.19. The van der Waals surface area contributed by atoms with Crippen LogP contribution in [0, 0.1) is 0 Å². The molecule has 0 bridgehead atoms. The van der Waals surface area contributed by atoms with E-state index in [9.17, 15) is 5.21 Å². The zero-order valence-corrected chi connectivity index (χ0v) is 8.29. The summed E-state index contributed by atoms with van der Waals surface area (Å²) >= 11 is 0. The van der Waals surface area contributed by atoms with E-state index >= 15 is 0 Å². The molecule has 1 radical (unpaired) electrons. The maximum atomic E-state index is 11.5. The summed E-state index contributed by atoms with van der Waals surface area (Å²) in [6.07, 6.45) is 2.03. The van der Waals surface area contributed by atoms with Gasteiger partial charge in [0, 0.05) is 11.1 Å². The van der Waals surface area contributed by atoms with E-state index in [4.69, 9.17) is 5.21 Å². The first-order valence-corrected chi connectivity index (χ1v) is 4.10. The monoisotopic (exact) mass is 175 g/mol. The van der Waals surface area contributed by atoms with Crippen molar-refractivity contribution in [1.29, 1.82) is 0 Å². The van der Waals surface area contributed by atoms with Crippen molar-refractivity contribution in [3.05, 3.63) is 0 Å². The Labute approximate surface area is 73.9 Å². The molecule has 1 heterocycles. The van der Waals surface area contributed by atoms with Crippen LogP contribution in [0.5, 0.6) is 0 Å². The lowest BCUT2D eigenvalue weighted by Gasteiger charge is -2.31. The smallest absolute Gasteiger partial charge is 0.0444 e. The molecule has 1 saturated heterocycles. The molecule has 1 fully saturated rings. The SMILES string of the molecule is CC1(C)CCC(C)(C)N1[O].NO. The lowest BCUT2D eigenvalue weighted by Crippen LogP contribution is -2.44. The van der Waals surface area contributed by atoms with Crippen LogP contribution in [0.4, 0.5) is 0 Å². The molecule has 1 aliphatic heterocycles. The Hall–Kier alpha value is -0.160. The molecule has 0 aromatic heterocycles. The van der Waals surface area contributed by atoms with Crippen LogP contribution in [0.15, 0.2) is 0 Å². The Balaban J connectivity index is 0.000000561. The second-order valence-electron chi connectivity index (χ2n) is 4.42. The molecule has 0 saturated carbocycles. The molecule has 4 heteroatoms. The van der Waals surface area contributed by atoms with E-state index in [2.05, 4.69) is 5.90 Å². The first-order chi connectivity index (χ1) is 5.36. The summed E-state index contributed by atoms with van der Waals surface area (Å²) in [7, 11) is 0. The Morgan fingerprint density at radius 1 is 1.08 bits per heavy atom. The number of hydrogen-bond donors (Lipinski definition) is 2. The van der Waals surface area contributed by atoms with Crippen molar-refractivity contribution in [3.63, 3.8) is 0 Å². The van der Waals surface area contributed by atoms with Gasteiger partial charge in [-0.15, -0.1) is 10.3 Å². The number of nitrogens with two attached hydrogens (primary N) is 1. The normalized spacial score (nSPS) is 26.2. The molecule has 0 atom stereocenters. The van der Waals surface area contributed by atoms with Crippen LogP contribution in [-0.4, -0.2) is 21.3 Å². The highest BCUT2D eigenvalue weighted by Gasteiger charge is 2.45. The Morgan fingerprint density at radius 2 is 1.33 bits per heavy atom. The predicted octanol–water partition coefficient (Wildman–Crippen LogP) is 1.32. The van der Waals surface area contributed by atoms with E-state index < -0.39 is 0 Å². The summed E-state index contributed by atoms with van der Waals surface area (Å²) < 4.78 is 0. The highest BCUT2D eigenvalue weighted by atomic mass is 16.5. The molecule has 3 N–H and O–H groups in total. The molecule has 0 aromatic carbocycles. The lowest BCUT2D eigenvalue weighted by atomic mass is 10.0. The minimum atomic E-state index is -0.135. The number of nitrogens with zero attached hydrogens (tertiary/aromatic N) is 1. The van der Waals surface area contributed by atoms with Crippen LogP contribution in [0.2, 0.25) is 0 Å². The molecule has 1 aliphatic rings.